The van der Waals surface area contributed by atoms with Crippen LogP contribution in [0.3, 0.4) is 0 Å². The molecule has 2 N–H and O–H groups in total. The highest BCUT2D eigenvalue weighted by Crippen LogP contribution is 2.60. The molecule has 0 bridgehead atoms. The number of methoxy groups -OCH3 is 1. The van der Waals surface area contributed by atoms with Crippen LogP contribution >= 0.6 is 11.6 Å². The number of benzene rings is 4. The van der Waals surface area contributed by atoms with Crippen LogP contribution in [0, 0.1) is 5.92 Å². The van der Waals surface area contributed by atoms with E-state index in [4.69, 9.17) is 21.1 Å². The standard InChI is InChI=1S/C43H49ClN4O6Si/c1-29-41(55(3,4)35-17-15-34(53-2)16-18-35)38(25-39(50)46(22-23-49)27-30-8-6-5-7-9-30)54-43(29)36-24-32(44)12-19-37(36)48(42(43)52)28-31-10-13-33(14-11-31)47-21-20-45-26-40(47)51/h5-19,24,29,38,41,45,49H,20-23,25-28H2,1-4H3/t29-,38+,41-,43+/m1/s1. The summed E-state index contributed by atoms with van der Waals surface area (Å²) >= 11 is 6.71. The second-order valence-electron chi connectivity index (χ2n) is 15.3. The van der Waals surface area contributed by atoms with Crippen molar-refractivity contribution >= 4 is 54.0 Å². The summed E-state index contributed by atoms with van der Waals surface area (Å²) in [6, 6.07) is 31.2. The molecule has 0 aromatic heterocycles. The van der Waals surface area contributed by atoms with Crippen molar-refractivity contribution in [1.29, 1.82) is 0 Å². The topological polar surface area (TPSA) is 112 Å². The molecule has 4 atom stereocenters. The van der Waals surface area contributed by atoms with E-state index in [0.717, 1.165) is 40.0 Å². The third-order valence-corrected chi connectivity index (χ3v) is 16.4. The number of ether oxygens (including phenoxy) is 2. The smallest absolute Gasteiger partial charge is 0.264 e. The Labute approximate surface area is 329 Å². The van der Waals surface area contributed by atoms with Gasteiger partial charge in [0, 0.05) is 48.4 Å². The normalized spacial score (nSPS) is 22.3. The number of fused-ring (bicyclic) bond motifs is 2. The van der Waals surface area contributed by atoms with Gasteiger partial charge < -0.3 is 34.6 Å². The molecule has 12 heteroatoms. The lowest BCUT2D eigenvalue weighted by molar-refractivity contribution is -0.150. The maximum Gasteiger partial charge on any atom is 0.264 e. The van der Waals surface area contributed by atoms with E-state index < -0.39 is 19.8 Å². The Hall–Kier alpha value is -4.52. The Morgan fingerprint density at radius 2 is 1.75 bits per heavy atom. The minimum atomic E-state index is -2.53. The van der Waals surface area contributed by atoms with Crippen LogP contribution < -0.4 is 25.0 Å². The molecule has 4 aromatic rings. The third kappa shape index (κ3) is 7.31. The van der Waals surface area contributed by atoms with Gasteiger partial charge in [-0.3, -0.25) is 14.4 Å². The van der Waals surface area contributed by atoms with Gasteiger partial charge in [0.05, 0.1) is 53.1 Å². The molecule has 4 aromatic carbocycles. The number of carbonyl (C=O) groups is 3. The van der Waals surface area contributed by atoms with Gasteiger partial charge in [-0.05, 0) is 59.1 Å². The summed E-state index contributed by atoms with van der Waals surface area (Å²) in [5, 5.41) is 14.8. The van der Waals surface area contributed by atoms with Crippen LogP contribution in [-0.2, 0) is 37.8 Å². The van der Waals surface area contributed by atoms with E-state index in [1.165, 1.54) is 0 Å². The molecular weight excluding hydrogens is 732 g/mol. The molecule has 0 aliphatic carbocycles. The highest BCUT2D eigenvalue weighted by molar-refractivity contribution is 6.91. The molecule has 3 heterocycles. The molecule has 7 rings (SSSR count). The fourth-order valence-electron chi connectivity index (χ4n) is 9.00. The maximum absolute atomic E-state index is 15.2. The van der Waals surface area contributed by atoms with Crippen molar-refractivity contribution in [3.05, 3.63) is 119 Å². The molecule has 2 saturated heterocycles. The van der Waals surface area contributed by atoms with Crippen molar-refractivity contribution < 1.29 is 29.0 Å². The number of amides is 3. The summed E-state index contributed by atoms with van der Waals surface area (Å²) in [6.07, 6.45) is -0.555. The van der Waals surface area contributed by atoms with E-state index in [0.29, 0.717) is 30.2 Å². The Bertz CT molecular complexity index is 2030. The van der Waals surface area contributed by atoms with Crippen molar-refractivity contribution in [2.45, 2.75) is 56.8 Å². The Morgan fingerprint density at radius 3 is 2.42 bits per heavy atom. The average molecular weight is 781 g/mol. The molecular formula is C43H49ClN4O6Si. The number of nitrogens with zero attached hydrogens (tertiary/aromatic N) is 3. The van der Waals surface area contributed by atoms with Crippen LogP contribution in [0.2, 0.25) is 23.7 Å². The fraction of sp³-hybridized carbons (Fsp3) is 0.372. The highest BCUT2D eigenvalue weighted by Gasteiger charge is 2.66. The minimum absolute atomic E-state index is 0.0251. The van der Waals surface area contributed by atoms with Gasteiger partial charge in [0.15, 0.2) is 5.60 Å². The number of piperazine rings is 1. The maximum atomic E-state index is 15.2. The van der Waals surface area contributed by atoms with E-state index in [1.807, 2.05) is 78.9 Å². The van der Waals surface area contributed by atoms with Gasteiger partial charge in [0.25, 0.3) is 5.91 Å². The van der Waals surface area contributed by atoms with Crippen LogP contribution in [0.25, 0.3) is 0 Å². The van der Waals surface area contributed by atoms with Crippen molar-refractivity contribution in [2.75, 3.05) is 49.7 Å². The number of hydrogen-bond donors (Lipinski definition) is 2. The Balaban J connectivity index is 1.25. The lowest BCUT2D eigenvalue weighted by atomic mass is 9.82. The largest absolute Gasteiger partial charge is 0.497 e. The summed E-state index contributed by atoms with van der Waals surface area (Å²) in [5.74, 6) is 0.121. The van der Waals surface area contributed by atoms with Gasteiger partial charge in [-0.25, -0.2) is 0 Å². The zero-order valence-corrected chi connectivity index (χ0v) is 33.6. The van der Waals surface area contributed by atoms with Crippen molar-refractivity contribution in [1.82, 2.24) is 10.2 Å². The summed E-state index contributed by atoms with van der Waals surface area (Å²) in [7, 11) is -0.882. The fourth-order valence-corrected chi connectivity index (χ4v) is 13.2. The first kappa shape index (κ1) is 38.7. The van der Waals surface area contributed by atoms with E-state index in [-0.39, 0.29) is 55.3 Å². The zero-order valence-electron chi connectivity index (χ0n) is 31.8. The van der Waals surface area contributed by atoms with Crippen LogP contribution in [0.1, 0.15) is 30.0 Å². The molecule has 288 valence electrons. The van der Waals surface area contributed by atoms with Gasteiger partial charge in [-0.15, -0.1) is 0 Å². The van der Waals surface area contributed by atoms with Gasteiger partial charge in [-0.2, -0.15) is 0 Å². The number of aliphatic hydroxyl groups excluding tert-OH is 1. The predicted octanol–water partition coefficient (Wildman–Crippen LogP) is 5.46. The van der Waals surface area contributed by atoms with Crippen LogP contribution in [-0.4, -0.2) is 81.8 Å². The van der Waals surface area contributed by atoms with Crippen LogP contribution in [0.15, 0.2) is 97.1 Å². The predicted molar refractivity (Wildman–Crippen MR) is 217 cm³/mol. The Kier molecular flexibility index (Phi) is 11.2. The monoisotopic (exact) mass is 780 g/mol. The third-order valence-electron chi connectivity index (χ3n) is 11.8. The molecule has 55 heavy (non-hydrogen) atoms. The first-order chi connectivity index (χ1) is 26.5. The summed E-state index contributed by atoms with van der Waals surface area (Å²) < 4.78 is 12.7. The molecule has 3 amide bonds. The second-order valence-corrected chi connectivity index (χ2v) is 20.5. The number of nitrogens with one attached hydrogen (secondary N) is 1. The lowest BCUT2D eigenvalue weighted by Gasteiger charge is -2.37. The molecule has 2 fully saturated rings. The van der Waals surface area contributed by atoms with E-state index in [9.17, 15) is 14.7 Å². The minimum Gasteiger partial charge on any atom is -0.497 e. The summed E-state index contributed by atoms with van der Waals surface area (Å²) in [5.41, 5.74) is 2.57. The quantitative estimate of drug-likeness (QED) is 0.184. The molecule has 1 spiro atoms. The molecule has 0 unspecified atom stereocenters. The van der Waals surface area contributed by atoms with E-state index in [2.05, 4.69) is 37.5 Å². The lowest BCUT2D eigenvalue weighted by Crippen LogP contribution is -2.52. The average Bonchev–Trinajstić information content (AvgIpc) is 3.61. The molecule has 10 nitrogen and oxygen atoms in total. The molecule has 0 saturated carbocycles. The molecule has 3 aliphatic rings. The number of hydrogen-bond acceptors (Lipinski definition) is 7. The van der Waals surface area contributed by atoms with Crippen molar-refractivity contribution in [3.8, 4) is 5.75 Å². The van der Waals surface area contributed by atoms with Gasteiger partial charge in [0.2, 0.25) is 11.8 Å². The van der Waals surface area contributed by atoms with Crippen LogP contribution in [0.5, 0.6) is 5.75 Å². The van der Waals surface area contributed by atoms with Crippen LogP contribution in [0.4, 0.5) is 11.4 Å². The van der Waals surface area contributed by atoms with Gasteiger partial charge >= 0.3 is 0 Å². The number of anilines is 2. The number of rotatable bonds is 12. The first-order valence-electron chi connectivity index (χ1n) is 18.9. The van der Waals surface area contributed by atoms with Crippen molar-refractivity contribution in [3.63, 3.8) is 0 Å². The summed E-state index contributed by atoms with van der Waals surface area (Å²) in [6.45, 7) is 8.94. The first-order valence-corrected chi connectivity index (χ1v) is 22.4. The highest BCUT2D eigenvalue weighted by atomic mass is 35.5. The van der Waals surface area contributed by atoms with Gasteiger partial charge in [-0.1, -0.05) is 91.4 Å². The van der Waals surface area contributed by atoms with Crippen molar-refractivity contribution in [2.24, 2.45) is 5.92 Å². The number of aliphatic hydroxyl groups is 1. The van der Waals surface area contributed by atoms with E-state index in [1.54, 1.807) is 27.9 Å². The van der Waals surface area contributed by atoms with E-state index >= 15 is 4.79 Å². The zero-order chi connectivity index (χ0) is 38.9. The number of halogens is 1. The van der Waals surface area contributed by atoms with Gasteiger partial charge in [0.1, 0.15) is 5.75 Å². The second kappa shape index (κ2) is 15.9. The molecule has 3 aliphatic heterocycles. The number of carbonyl (C=O) groups excluding carboxylic acids is 3. The molecule has 0 radical (unpaired) electrons. The SMILES string of the molecule is COc1ccc([Si](C)(C)[C@H]2[C@H](CC(=O)N(CCO)Cc3ccccc3)O[C@@]3(C(=O)N(Cc4ccc(N5CCNCC5=O)cc4)c4ccc(Cl)cc43)[C@@H]2C)cc1. The summed E-state index contributed by atoms with van der Waals surface area (Å²) in [4.78, 5) is 47.4. The Morgan fingerprint density at radius 1 is 1.02 bits per heavy atom.